The zero-order valence-electron chi connectivity index (χ0n) is 30.3. The number of hydrogen-bond donors (Lipinski definition) is 0. The minimum absolute atomic E-state index is 0.473. The molecule has 0 fully saturated rings. The zero-order chi connectivity index (χ0) is 37.1. The minimum Gasteiger partial charge on any atom is -0.456 e. The smallest absolute Gasteiger partial charge is 0.164 e. The number of rotatable bonds is 6. The third-order valence-corrected chi connectivity index (χ3v) is 11.2. The molecular formula is C52H33N3O. The van der Waals surface area contributed by atoms with Gasteiger partial charge in [-0.05, 0) is 68.8 Å². The van der Waals surface area contributed by atoms with Gasteiger partial charge in [0.25, 0.3) is 0 Å². The number of fused-ring (bicyclic) bond motifs is 6. The predicted molar refractivity (Wildman–Crippen MR) is 226 cm³/mol. The van der Waals surface area contributed by atoms with Crippen molar-refractivity contribution in [2.45, 2.75) is 5.41 Å². The lowest BCUT2D eigenvalue weighted by Gasteiger charge is -2.33. The van der Waals surface area contributed by atoms with Crippen LogP contribution in [0.25, 0.3) is 78.4 Å². The summed E-state index contributed by atoms with van der Waals surface area (Å²) >= 11 is 0. The van der Waals surface area contributed by atoms with E-state index in [1.165, 1.54) is 33.4 Å². The van der Waals surface area contributed by atoms with Crippen LogP contribution in [0.4, 0.5) is 0 Å². The van der Waals surface area contributed by atoms with Gasteiger partial charge in [0, 0.05) is 27.5 Å². The molecule has 262 valence electrons. The summed E-state index contributed by atoms with van der Waals surface area (Å²) in [5.41, 5.74) is 13.5. The molecule has 4 nitrogen and oxygen atoms in total. The first-order chi connectivity index (χ1) is 27.8. The van der Waals surface area contributed by atoms with Crippen LogP contribution in [-0.4, -0.2) is 15.0 Å². The Morgan fingerprint density at radius 1 is 0.339 bits per heavy atom. The fraction of sp³-hybridized carbons (Fsp3) is 0.0192. The topological polar surface area (TPSA) is 51.8 Å². The average Bonchev–Trinajstić information content (AvgIpc) is 3.81. The molecule has 11 rings (SSSR count). The molecule has 2 aromatic heterocycles. The first-order valence-electron chi connectivity index (χ1n) is 18.9. The van der Waals surface area contributed by atoms with Crippen molar-refractivity contribution in [2.24, 2.45) is 0 Å². The van der Waals surface area contributed by atoms with E-state index in [0.29, 0.717) is 17.5 Å². The van der Waals surface area contributed by atoms with Crippen LogP contribution in [0.3, 0.4) is 0 Å². The summed E-state index contributed by atoms with van der Waals surface area (Å²) < 4.78 is 6.63. The zero-order valence-corrected chi connectivity index (χ0v) is 30.3. The fourth-order valence-electron chi connectivity index (χ4n) is 8.77. The van der Waals surface area contributed by atoms with E-state index in [4.69, 9.17) is 19.4 Å². The monoisotopic (exact) mass is 715 g/mol. The first kappa shape index (κ1) is 32.0. The van der Waals surface area contributed by atoms with E-state index in [2.05, 4.69) is 127 Å². The molecule has 0 spiro atoms. The van der Waals surface area contributed by atoms with Crippen molar-refractivity contribution in [1.29, 1.82) is 0 Å². The molecule has 0 saturated carbocycles. The molecule has 0 N–H and O–H groups in total. The van der Waals surface area contributed by atoms with Gasteiger partial charge >= 0.3 is 0 Å². The van der Waals surface area contributed by atoms with Crippen LogP contribution in [0.15, 0.2) is 205 Å². The summed E-state index contributed by atoms with van der Waals surface area (Å²) in [7, 11) is 0. The van der Waals surface area contributed by atoms with Gasteiger partial charge in [-0.25, -0.2) is 15.0 Å². The Labute approximate surface area is 324 Å². The van der Waals surface area contributed by atoms with Crippen molar-refractivity contribution in [3.05, 3.63) is 222 Å². The van der Waals surface area contributed by atoms with Crippen LogP contribution in [0.1, 0.15) is 22.3 Å². The van der Waals surface area contributed by atoms with Gasteiger partial charge in [-0.3, -0.25) is 0 Å². The molecule has 0 saturated heterocycles. The van der Waals surface area contributed by atoms with E-state index in [1.807, 2.05) is 72.8 Å². The number of furan rings is 1. The molecule has 1 aliphatic rings. The second-order valence-electron chi connectivity index (χ2n) is 14.3. The van der Waals surface area contributed by atoms with Gasteiger partial charge in [0.05, 0.1) is 5.41 Å². The Bertz CT molecular complexity index is 2970. The highest BCUT2D eigenvalue weighted by Crippen LogP contribution is 2.57. The number of hydrogen-bond acceptors (Lipinski definition) is 4. The maximum atomic E-state index is 6.63. The first-order valence-corrected chi connectivity index (χ1v) is 18.9. The molecular weight excluding hydrogens is 683 g/mol. The van der Waals surface area contributed by atoms with Crippen LogP contribution in [0.2, 0.25) is 0 Å². The van der Waals surface area contributed by atoms with E-state index >= 15 is 0 Å². The SMILES string of the molecule is c1ccc(-c2nc(-c3ccccc3)nc(-c3cc(-c4ccc5c(c4)-c4ccccc4C5(c4ccccc4)c4ccccc4)c4c(c3)oc3ccccc34)n2)cc1. The largest absolute Gasteiger partial charge is 0.456 e. The summed E-state index contributed by atoms with van der Waals surface area (Å²) in [6.07, 6.45) is 0. The second-order valence-corrected chi connectivity index (χ2v) is 14.3. The van der Waals surface area contributed by atoms with E-state index in [1.54, 1.807) is 0 Å². The molecule has 0 bridgehead atoms. The third-order valence-electron chi connectivity index (χ3n) is 11.2. The van der Waals surface area contributed by atoms with Crippen molar-refractivity contribution in [3.63, 3.8) is 0 Å². The summed E-state index contributed by atoms with van der Waals surface area (Å²) in [6, 6.07) is 70.5. The van der Waals surface area contributed by atoms with Gasteiger partial charge in [0.2, 0.25) is 0 Å². The third kappa shape index (κ3) is 4.96. The van der Waals surface area contributed by atoms with E-state index in [9.17, 15) is 0 Å². The highest BCUT2D eigenvalue weighted by Gasteiger charge is 2.46. The lowest BCUT2D eigenvalue weighted by Crippen LogP contribution is -2.28. The standard InChI is InChI=1S/C52H33N3O/c1-5-17-34(18-6-1)49-53-50(35-19-7-2-8-20-35)55-51(54-49)37-32-42(48-41-26-14-16-28-46(41)56-47(48)33-37)36-29-30-45-43(31-36)40-25-13-15-27-44(40)52(45,38-21-9-3-10-22-38)39-23-11-4-12-24-39/h1-33H. The molecule has 0 atom stereocenters. The van der Waals surface area contributed by atoms with Crippen molar-refractivity contribution in [2.75, 3.05) is 0 Å². The summed E-state index contributed by atoms with van der Waals surface area (Å²) in [6.45, 7) is 0. The fourth-order valence-corrected chi connectivity index (χ4v) is 8.77. The quantitative estimate of drug-likeness (QED) is 0.172. The lowest BCUT2D eigenvalue weighted by atomic mass is 9.67. The minimum atomic E-state index is -0.473. The Kier molecular flexibility index (Phi) is 7.36. The van der Waals surface area contributed by atoms with Crippen LogP contribution >= 0.6 is 0 Å². The van der Waals surface area contributed by atoms with Crippen LogP contribution in [-0.2, 0) is 5.41 Å². The predicted octanol–water partition coefficient (Wildman–Crippen LogP) is 12.8. The summed E-state index contributed by atoms with van der Waals surface area (Å²) in [4.78, 5) is 15.2. The number of benzene rings is 8. The number of nitrogens with zero attached hydrogens (tertiary/aromatic N) is 3. The number of para-hydroxylation sites is 1. The van der Waals surface area contributed by atoms with Crippen molar-refractivity contribution < 1.29 is 4.42 Å². The molecule has 1 aliphatic carbocycles. The van der Waals surface area contributed by atoms with Gasteiger partial charge < -0.3 is 4.42 Å². The normalized spacial score (nSPS) is 12.8. The van der Waals surface area contributed by atoms with E-state index < -0.39 is 5.41 Å². The maximum absolute atomic E-state index is 6.63. The Morgan fingerprint density at radius 3 is 1.48 bits per heavy atom. The van der Waals surface area contributed by atoms with Gasteiger partial charge in [-0.1, -0.05) is 176 Å². The van der Waals surface area contributed by atoms with E-state index in [0.717, 1.165) is 49.8 Å². The van der Waals surface area contributed by atoms with Gasteiger partial charge in [0.15, 0.2) is 17.5 Å². The Morgan fingerprint density at radius 2 is 0.839 bits per heavy atom. The molecule has 2 heterocycles. The van der Waals surface area contributed by atoms with Crippen molar-refractivity contribution in [3.8, 4) is 56.4 Å². The van der Waals surface area contributed by atoms with E-state index in [-0.39, 0.29) is 0 Å². The summed E-state index contributed by atoms with van der Waals surface area (Å²) in [5.74, 6) is 1.82. The van der Waals surface area contributed by atoms with Gasteiger partial charge in [-0.2, -0.15) is 0 Å². The van der Waals surface area contributed by atoms with Crippen LogP contribution in [0.5, 0.6) is 0 Å². The Hall–Kier alpha value is -7.43. The average molecular weight is 716 g/mol. The van der Waals surface area contributed by atoms with Crippen LogP contribution in [0, 0.1) is 0 Å². The molecule has 4 heteroatoms. The molecule has 0 unspecified atom stereocenters. The second kappa shape index (κ2) is 12.9. The Balaban J connectivity index is 1.17. The van der Waals surface area contributed by atoms with Gasteiger partial charge in [0.1, 0.15) is 11.2 Å². The molecule has 0 radical (unpaired) electrons. The van der Waals surface area contributed by atoms with Gasteiger partial charge in [-0.15, -0.1) is 0 Å². The molecule has 56 heavy (non-hydrogen) atoms. The molecule has 0 aliphatic heterocycles. The highest BCUT2D eigenvalue weighted by molar-refractivity contribution is 6.14. The highest BCUT2D eigenvalue weighted by atomic mass is 16.3. The molecule has 10 aromatic rings. The van der Waals surface area contributed by atoms with Crippen LogP contribution < -0.4 is 0 Å². The van der Waals surface area contributed by atoms with Crippen molar-refractivity contribution >= 4 is 21.9 Å². The van der Waals surface area contributed by atoms with Crippen molar-refractivity contribution in [1.82, 2.24) is 15.0 Å². The summed E-state index contributed by atoms with van der Waals surface area (Å²) in [5, 5.41) is 2.13. The number of aromatic nitrogens is 3. The lowest BCUT2D eigenvalue weighted by molar-refractivity contribution is 0.669. The molecule has 0 amide bonds. The molecule has 8 aromatic carbocycles. The maximum Gasteiger partial charge on any atom is 0.164 e.